The number of terminal acetylenes is 1. The quantitative estimate of drug-likeness (QED) is 0.700. The number of benzene rings is 2. The first kappa shape index (κ1) is 20.3. The van der Waals surface area contributed by atoms with Gasteiger partial charge < -0.3 is 14.4 Å². The number of methoxy groups -OCH3 is 1. The normalized spacial score (nSPS) is 11.8. The molecule has 0 aliphatic carbocycles. The van der Waals surface area contributed by atoms with E-state index in [1.807, 2.05) is 19.0 Å². The zero-order valence-corrected chi connectivity index (χ0v) is 16.5. The summed E-state index contributed by atoms with van der Waals surface area (Å²) in [5.74, 6) is 4.03. The van der Waals surface area contributed by atoms with Crippen LogP contribution in [0.15, 0.2) is 41.3 Å². The standard InChI is InChI=1S/C19H21ClN2O3S/c1-5-14-6-7-18(19(10-14)26(23)21-8-9-22(2)3)25-17-12-15(20)11-16(13-17)24-4/h1,6-7,10-13,21H,8-9H2,2-4H3. The van der Waals surface area contributed by atoms with Gasteiger partial charge in [-0.2, -0.15) is 0 Å². The molecule has 26 heavy (non-hydrogen) atoms. The van der Waals surface area contributed by atoms with Crippen molar-refractivity contribution in [3.8, 4) is 29.6 Å². The molecule has 1 unspecified atom stereocenters. The molecule has 0 bridgehead atoms. The Bertz CT molecular complexity index is 834. The molecule has 138 valence electrons. The minimum Gasteiger partial charge on any atom is -0.497 e. The van der Waals surface area contributed by atoms with E-state index in [1.165, 1.54) is 0 Å². The van der Waals surface area contributed by atoms with E-state index in [1.54, 1.807) is 43.5 Å². The Hall–Kier alpha value is -2.04. The number of hydrogen-bond donors (Lipinski definition) is 1. The second-order valence-corrected chi connectivity index (χ2v) is 7.40. The summed E-state index contributed by atoms with van der Waals surface area (Å²) in [5, 5.41) is 0.478. The molecule has 0 amide bonds. The lowest BCUT2D eigenvalue weighted by atomic mass is 10.2. The fourth-order valence-corrected chi connectivity index (χ4v) is 3.28. The van der Waals surface area contributed by atoms with Gasteiger partial charge in [0.15, 0.2) is 0 Å². The molecule has 0 aliphatic rings. The minimum absolute atomic E-state index is 0.434. The third kappa shape index (κ3) is 5.75. The molecule has 0 fully saturated rings. The number of hydrogen-bond acceptors (Lipinski definition) is 4. The fourth-order valence-electron chi connectivity index (χ4n) is 2.11. The van der Waals surface area contributed by atoms with E-state index >= 15 is 0 Å². The van der Waals surface area contributed by atoms with Gasteiger partial charge in [0.05, 0.1) is 12.0 Å². The van der Waals surface area contributed by atoms with E-state index in [9.17, 15) is 4.21 Å². The van der Waals surface area contributed by atoms with Crippen LogP contribution >= 0.6 is 11.6 Å². The molecule has 0 spiro atoms. The summed E-state index contributed by atoms with van der Waals surface area (Å²) in [6.07, 6.45) is 5.47. The zero-order chi connectivity index (χ0) is 19.1. The van der Waals surface area contributed by atoms with Gasteiger partial charge >= 0.3 is 0 Å². The molecule has 0 heterocycles. The average Bonchev–Trinajstić information content (AvgIpc) is 2.61. The van der Waals surface area contributed by atoms with E-state index in [2.05, 4.69) is 10.6 Å². The highest BCUT2D eigenvalue weighted by molar-refractivity contribution is 7.83. The number of nitrogens with one attached hydrogen (secondary N) is 1. The largest absolute Gasteiger partial charge is 0.497 e. The summed E-state index contributed by atoms with van der Waals surface area (Å²) in [6.45, 7) is 1.31. The van der Waals surface area contributed by atoms with Crippen molar-refractivity contribution in [3.63, 3.8) is 0 Å². The van der Waals surface area contributed by atoms with E-state index in [0.29, 0.717) is 39.3 Å². The topological polar surface area (TPSA) is 50.8 Å². The monoisotopic (exact) mass is 392 g/mol. The predicted molar refractivity (Wildman–Crippen MR) is 105 cm³/mol. The Labute approximate surface area is 161 Å². The minimum atomic E-state index is -1.47. The number of nitrogens with zero attached hydrogens (tertiary/aromatic N) is 1. The summed E-state index contributed by atoms with van der Waals surface area (Å²) >= 11 is 6.08. The van der Waals surface area contributed by atoms with Crippen LogP contribution in [0.4, 0.5) is 0 Å². The molecule has 0 aliphatic heterocycles. The molecule has 7 heteroatoms. The smallest absolute Gasteiger partial charge is 0.144 e. The lowest BCUT2D eigenvalue weighted by molar-refractivity contribution is 0.408. The van der Waals surface area contributed by atoms with Crippen molar-refractivity contribution in [1.82, 2.24) is 9.62 Å². The van der Waals surface area contributed by atoms with Gasteiger partial charge in [0.2, 0.25) is 0 Å². The lowest BCUT2D eigenvalue weighted by Crippen LogP contribution is -2.28. The first-order valence-electron chi connectivity index (χ1n) is 7.86. The Morgan fingerprint density at radius 2 is 1.96 bits per heavy atom. The number of ether oxygens (including phenoxy) is 2. The number of likely N-dealkylation sites (N-methyl/N-ethyl adjacent to an activating group) is 1. The summed E-state index contributed by atoms with van der Waals surface area (Å²) < 4.78 is 26.7. The van der Waals surface area contributed by atoms with Crippen molar-refractivity contribution < 1.29 is 13.7 Å². The van der Waals surface area contributed by atoms with Crippen LogP contribution in [0.2, 0.25) is 5.02 Å². The third-order valence-electron chi connectivity index (χ3n) is 3.41. The van der Waals surface area contributed by atoms with Gasteiger partial charge in [-0.3, -0.25) is 0 Å². The van der Waals surface area contributed by atoms with Gasteiger partial charge in [0.1, 0.15) is 28.2 Å². The van der Waals surface area contributed by atoms with Crippen molar-refractivity contribution in [1.29, 1.82) is 0 Å². The first-order valence-corrected chi connectivity index (χ1v) is 9.39. The molecule has 2 rings (SSSR count). The Morgan fingerprint density at radius 3 is 2.62 bits per heavy atom. The van der Waals surface area contributed by atoms with E-state index in [-0.39, 0.29) is 0 Å². The summed E-state index contributed by atoms with van der Waals surface area (Å²) in [4.78, 5) is 2.47. The highest BCUT2D eigenvalue weighted by Gasteiger charge is 2.14. The molecule has 1 N–H and O–H groups in total. The van der Waals surface area contributed by atoms with Gasteiger partial charge in [0.25, 0.3) is 0 Å². The van der Waals surface area contributed by atoms with Crippen LogP contribution in [0.3, 0.4) is 0 Å². The molecule has 0 saturated carbocycles. The molecule has 5 nitrogen and oxygen atoms in total. The summed E-state index contributed by atoms with van der Waals surface area (Å²) in [5.41, 5.74) is 0.624. The van der Waals surface area contributed by atoms with Crippen molar-refractivity contribution in [2.24, 2.45) is 0 Å². The van der Waals surface area contributed by atoms with E-state index in [4.69, 9.17) is 27.5 Å². The van der Waals surface area contributed by atoms with Crippen molar-refractivity contribution >= 4 is 22.6 Å². The second kappa shape index (κ2) is 9.60. The molecule has 0 saturated heterocycles. The summed E-state index contributed by atoms with van der Waals surface area (Å²) in [7, 11) is 3.98. The van der Waals surface area contributed by atoms with Crippen LogP contribution in [0.5, 0.6) is 17.2 Å². The maximum absolute atomic E-state index is 12.7. The highest BCUT2D eigenvalue weighted by atomic mass is 35.5. The van der Waals surface area contributed by atoms with Crippen molar-refractivity contribution in [2.75, 3.05) is 34.3 Å². The van der Waals surface area contributed by atoms with Crippen molar-refractivity contribution in [3.05, 3.63) is 47.0 Å². The van der Waals surface area contributed by atoms with Gasteiger partial charge in [-0.25, -0.2) is 8.93 Å². The van der Waals surface area contributed by atoms with Crippen molar-refractivity contribution in [2.45, 2.75) is 4.90 Å². The molecular formula is C19H21ClN2O3S. The van der Waals surface area contributed by atoms with Crippen LogP contribution in [-0.4, -0.2) is 43.4 Å². The third-order valence-corrected chi connectivity index (χ3v) is 4.81. The molecule has 1 atom stereocenters. The fraction of sp³-hybridized carbons (Fsp3) is 0.263. The van der Waals surface area contributed by atoms with E-state index < -0.39 is 11.0 Å². The first-order chi connectivity index (χ1) is 12.4. The van der Waals surface area contributed by atoms with Gasteiger partial charge in [0, 0.05) is 29.7 Å². The Morgan fingerprint density at radius 1 is 1.23 bits per heavy atom. The second-order valence-electron chi connectivity index (χ2n) is 5.70. The predicted octanol–water partition coefficient (Wildman–Crippen LogP) is 3.30. The lowest BCUT2D eigenvalue weighted by Gasteiger charge is -2.14. The SMILES string of the molecule is C#Cc1ccc(Oc2cc(Cl)cc(OC)c2)c(S(=O)NCCN(C)C)c1. The van der Waals surface area contributed by atoms with Gasteiger partial charge in [-0.1, -0.05) is 17.5 Å². The molecular weight excluding hydrogens is 372 g/mol. The average molecular weight is 393 g/mol. The maximum atomic E-state index is 12.7. The van der Waals surface area contributed by atoms with Crippen LogP contribution < -0.4 is 14.2 Å². The van der Waals surface area contributed by atoms with Crippen LogP contribution in [-0.2, 0) is 11.0 Å². The summed E-state index contributed by atoms with van der Waals surface area (Å²) in [6, 6.07) is 10.1. The molecule has 0 aromatic heterocycles. The van der Waals surface area contributed by atoms with Crippen LogP contribution in [0.25, 0.3) is 0 Å². The van der Waals surface area contributed by atoms with Gasteiger partial charge in [-0.15, -0.1) is 6.42 Å². The van der Waals surface area contributed by atoms with Gasteiger partial charge in [-0.05, 0) is 44.4 Å². The number of rotatable bonds is 8. The number of halogens is 1. The van der Waals surface area contributed by atoms with E-state index in [0.717, 1.165) is 6.54 Å². The molecule has 2 aromatic carbocycles. The van der Waals surface area contributed by atoms with Crippen LogP contribution in [0, 0.1) is 12.3 Å². The molecule has 0 radical (unpaired) electrons. The Balaban J connectivity index is 2.29. The van der Waals surface area contributed by atoms with Crippen LogP contribution in [0.1, 0.15) is 5.56 Å². The Kier molecular flexibility index (Phi) is 7.49. The maximum Gasteiger partial charge on any atom is 0.144 e. The zero-order valence-electron chi connectivity index (χ0n) is 14.9. The highest BCUT2D eigenvalue weighted by Crippen LogP contribution is 2.32. The molecule has 2 aromatic rings.